The Morgan fingerprint density at radius 2 is 1.43 bits per heavy atom. The van der Waals surface area contributed by atoms with Crippen molar-refractivity contribution in [1.29, 1.82) is 0 Å². The Morgan fingerprint density at radius 3 is 1.89 bits per heavy atom. The zero-order valence-corrected chi connectivity index (χ0v) is 34.0. The Bertz CT molecular complexity index is 1320. The fraction of sp³-hybridized carbons (Fsp3) is 0.778. The van der Waals surface area contributed by atoms with Crippen LogP contribution < -0.4 is 17.2 Å². The molecule has 2 radical (unpaired) electrons. The molecule has 3 aliphatic rings. The third-order valence-corrected chi connectivity index (χ3v) is 16.2. The number of ether oxygens (including phenoxy) is 8. The molecule has 6 unspecified atom stereocenters. The summed E-state index contributed by atoms with van der Waals surface area (Å²) in [6, 6.07) is 0. The van der Waals surface area contributed by atoms with E-state index >= 15 is 0 Å². The summed E-state index contributed by atoms with van der Waals surface area (Å²) in [5.41, 5.74) is 0. The van der Waals surface area contributed by atoms with Crippen LogP contribution >= 0.6 is 41.2 Å². The van der Waals surface area contributed by atoms with E-state index in [1.807, 2.05) is 0 Å². The molecule has 0 saturated carbocycles. The van der Waals surface area contributed by atoms with E-state index in [-0.39, 0.29) is 13.2 Å². The van der Waals surface area contributed by atoms with Crippen LogP contribution in [0.1, 0.15) is 6.42 Å². The molecule has 3 saturated heterocycles. The van der Waals surface area contributed by atoms with E-state index in [1.54, 1.807) is 18.6 Å². The van der Waals surface area contributed by atoms with Crippen molar-refractivity contribution in [3.63, 3.8) is 0 Å². The summed E-state index contributed by atoms with van der Waals surface area (Å²) in [4.78, 5) is 48.5. The summed E-state index contributed by atoms with van der Waals surface area (Å²) in [5, 5.41) is 124. The zero-order chi connectivity index (χ0) is 41.0. The van der Waals surface area contributed by atoms with E-state index in [0.29, 0.717) is 0 Å². The number of aliphatic hydroxyl groups excluding tert-OH is 7. The molecular formula is C27H38I3O24-. The molecule has 3 heterocycles. The third-order valence-electron chi connectivity index (χ3n) is 8.60. The Labute approximate surface area is 337 Å². The molecule has 24 nitrogen and oxygen atoms in total. The molecule has 0 bridgehead atoms. The summed E-state index contributed by atoms with van der Waals surface area (Å²) in [5.74, 6) is -8.90. The van der Waals surface area contributed by atoms with Crippen molar-refractivity contribution in [1.82, 2.24) is 0 Å². The van der Waals surface area contributed by atoms with E-state index in [2.05, 4.69) is 0 Å². The molecule has 312 valence electrons. The number of carboxylic acids is 4. The number of hydrogen-bond acceptors (Lipinski definition) is 20. The van der Waals surface area contributed by atoms with Gasteiger partial charge in [-0.15, -0.1) is 0 Å². The Hall–Kier alpha value is -0.570. The molecule has 0 spiro atoms. The minimum atomic E-state index is -2.38. The standard InChI is InChI=1S/C27H38I3O24/c1-47-20-17(24(44)45)49-7(18(36)26(20,46)30-29)3-6(4-31)12(21(38)39)50-8(5-32)51-13-9(33)10(34)25(53-15(13)22(40)41)52-14-11(35)19(37)27(28,48-2)54-16(14)23(42)43/h4-20,25,31-37,46H,3H2,1-2H3,(H,38,39)(H,40,41)(H,42,43)(H,44,45)/q-1/t6-,7-,8-,9+,10?,11?,12+,13-,14-,15?,16+,17?,18+,19?,20+,25+,26?,27-/m0/s1. The molecule has 54 heavy (non-hydrogen) atoms. The molecule has 3 aliphatic heterocycles. The van der Waals surface area contributed by atoms with Crippen LogP contribution in [-0.2, 0) is 57.1 Å². The van der Waals surface area contributed by atoms with Gasteiger partial charge in [0.1, 0.15) is 18.3 Å². The number of aliphatic hydroxyl groups is 8. The second kappa shape index (κ2) is 19.9. The second-order valence-corrected chi connectivity index (χ2v) is 18.2. The third kappa shape index (κ3) is 9.99. The number of carboxylic acid groups (broad SMARTS) is 4. The molecule has 12 N–H and O–H groups in total. The summed E-state index contributed by atoms with van der Waals surface area (Å²) in [7, 11) is 2.10. The van der Waals surface area contributed by atoms with Gasteiger partial charge in [0.25, 0.3) is 3.79 Å². The minimum absolute atomic E-state index is 0.0422. The number of aliphatic carboxylic acids is 4. The van der Waals surface area contributed by atoms with Crippen LogP contribution in [0.3, 0.4) is 0 Å². The topological polar surface area (TPSA) is 385 Å². The average Bonchev–Trinajstić information content (AvgIpc) is 3.12. The Balaban J connectivity index is 1.82. The van der Waals surface area contributed by atoms with Gasteiger partial charge in [-0.2, -0.15) is 0 Å². The molecule has 0 aromatic heterocycles. The number of rotatable bonds is 18. The fourth-order valence-corrected chi connectivity index (χ4v) is 11.1. The van der Waals surface area contributed by atoms with Gasteiger partial charge in [0.05, 0.1) is 0 Å². The summed E-state index contributed by atoms with van der Waals surface area (Å²) in [6.45, 7) is 0.309. The molecule has 0 amide bonds. The molecule has 18 atom stereocenters. The molecule has 0 aliphatic carbocycles. The van der Waals surface area contributed by atoms with Crippen LogP contribution in [0.15, 0.2) is 0 Å². The SMILES string of the molecule is CO[C@@H]1C(C(=O)O)O[C@@H](C[C@@H]([CH]O)[C@@H](O[C@H]([CH]O)O[C@@H]2C(C(=O)O)O[C@@H](O[C@H]3C(O)C(O)[C@](I)(OC)O[C@H]3C(=O)O)C(O)[C@H]2O)C(=O)O)[C@@H](O)C1(O)[I-]I. The fourth-order valence-electron chi connectivity index (χ4n) is 5.83. The van der Waals surface area contributed by atoms with Crippen molar-refractivity contribution in [3.8, 4) is 0 Å². The quantitative estimate of drug-likeness (QED) is 0.0345. The van der Waals surface area contributed by atoms with Crippen molar-refractivity contribution in [2.45, 2.75) is 106 Å². The average molecular weight is 1130 g/mol. The van der Waals surface area contributed by atoms with Gasteiger partial charge in [0.2, 0.25) is 0 Å². The van der Waals surface area contributed by atoms with Crippen LogP contribution in [0.5, 0.6) is 0 Å². The first-order chi connectivity index (χ1) is 25.2. The van der Waals surface area contributed by atoms with Gasteiger partial charge in [-0.05, 0) is 22.6 Å². The number of carbonyl (C=O) groups is 4. The summed E-state index contributed by atoms with van der Waals surface area (Å²) >= 11 is 1.70. The predicted molar refractivity (Wildman–Crippen MR) is 175 cm³/mol. The van der Waals surface area contributed by atoms with Crippen molar-refractivity contribution in [2.24, 2.45) is 5.92 Å². The maximum absolute atomic E-state index is 12.3. The van der Waals surface area contributed by atoms with Crippen molar-refractivity contribution >= 4 is 65.1 Å². The zero-order valence-electron chi connectivity index (χ0n) is 27.5. The normalized spacial score (nSPS) is 41.8. The Morgan fingerprint density at radius 1 is 0.833 bits per heavy atom. The van der Waals surface area contributed by atoms with Crippen molar-refractivity contribution in [2.75, 3.05) is 14.2 Å². The first-order valence-corrected chi connectivity index (χ1v) is 23.6. The second-order valence-electron chi connectivity index (χ2n) is 11.8. The molecular weight excluding hydrogens is 1090 g/mol. The monoisotopic (exact) mass is 1130 g/mol. The molecule has 27 heteroatoms. The Kier molecular flexibility index (Phi) is 17.6. The number of hydrogen-bond donors (Lipinski definition) is 12. The van der Waals surface area contributed by atoms with Gasteiger partial charge in [0.15, 0.2) is 12.4 Å². The van der Waals surface area contributed by atoms with Crippen LogP contribution in [0.2, 0.25) is 0 Å². The maximum atomic E-state index is 12.3. The molecule has 3 rings (SSSR count). The number of halogens is 3. The first-order valence-electron chi connectivity index (χ1n) is 15.2. The van der Waals surface area contributed by atoms with Gasteiger partial charge in [-0.1, -0.05) is 0 Å². The van der Waals surface area contributed by atoms with Crippen molar-refractivity contribution < 1.29 is 136 Å². The molecule has 0 aromatic carbocycles. The van der Waals surface area contributed by atoms with Crippen LogP contribution in [0.25, 0.3) is 0 Å². The molecule has 0 aromatic rings. The van der Waals surface area contributed by atoms with Gasteiger partial charge < -0.3 is 39.7 Å². The summed E-state index contributed by atoms with van der Waals surface area (Å²) in [6.07, 6.45) is -32.2. The van der Waals surface area contributed by atoms with E-state index in [1.165, 1.54) is 22.6 Å². The van der Waals surface area contributed by atoms with E-state index in [9.17, 15) is 80.5 Å². The van der Waals surface area contributed by atoms with E-state index in [4.69, 9.17) is 37.9 Å². The molecule has 3 fully saturated rings. The van der Waals surface area contributed by atoms with Crippen LogP contribution in [-0.4, -0.2) is 199 Å². The van der Waals surface area contributed by atoms with Gasteiger partial charge >= 0.3 is 226 Å². The van der Waals surface area contributed by atoms with Gasteiger partial charge in [-0.3, -0.25) is 0 Å². The van der Waals surface area contributed by atoms with Gasteiger partial charge in [-0.25, -0.2) is 9.59 Å². The number of methoxy groups -OCH3 is 2. The van der Waals surface area contributed by atoms with Crippen molar-refractivity contribution in [3.05, 3.63) is 13.2 Å². The predicted octanol–water partition coefficient (Wildman–Crippen LogP) is -7.55. The van der Waals surface area contributed by atoms with Crippen LogP contribution in [0, 0.1) is 19.1 Å². The van der Waals surface area contributed by atoms with E-state index < -0.39 is 153 Å². The first kappa shape index (κ1) is 47.8. The summed E-state index contributed by atoms with van der Waals surface area (Å²) < 4.78 is 37.6. The van der Waals surface area contributed by atoms with Crippen LogP contribution in [0.4, 0.5) is 0 Å². The number of alkyl halides is 2. The van der Waals surface area contributed by atoms with Gasteiger partial charge in [0, 0.05) is 7.11 Å². The van der Waals surface area contributed by atoms with E-state index in [0.717, 1.165) is 14.2 Å².